The summed E-state index contributed by atoms with van der Waals surface area (Å²) in [5, 5.41) is 0.323. The van der Waals surface area contributed by atoms with Gasteiger partial charge in [0, 0.05) is 22.4 Å². The molecule has 2 heterocycles. The van der Waals surface area contributed by atoms with E-state index < -0.39 is 5.97 Å². The summed E-state index contributed by atoms with van der Waals surface area (Å²) < 4.78 is 25.0. The van der Waals surface area contributed by atoms with E-state index in [1.54, 1.807) is 13.0 Å². The van der Waals surface area contributed by atoms with Gasteiger partial charge >= 0.3 is 5.97 Å². The minimum atomic E-state index is -0.427. The Balaban J connectivity index is 2.16. The van der Waals surface area contributed by atoms with Gasteiger partial charge in [-0.3, -0.25) is 0 Å². The average molecular weight is 400 g/mol. The Kier molecular flexibility index (Phi) is 4.68. The quantitative estimate of drug-likeness (QED) is 0.697. The van der Waals surface area contributed by atoms with Gasteiger partial charge in [-0.05, 0) is 35.3 Å². The van der Waals surface area contributed by atoms with Crippen molar-refractivity contribution in [3.63, 3.8) is 0 Å². The molecule has 23 heavy (non-hydrogen) atoms. The third-order valence-electron chi connectivity index (χ3n) is 3.68. The van der Waals surface area contributed by atoms with Crippen molar-refractivity contribution in [3.8, 4) is 17.0 Å². The molecule has 4 nitrogen and oxygen atoms in total. The van der Waals surface area contributed by atoms with Crippen LogP contribution in [-0.4, -0.2) is 24.2 Å². The van der Waals surface area contributed by atoms with Crippen LogP contribution in [-0.2, 0) is 4.74 Å². The first-order valence-corrected chi connectivity index (χ1v) is 8.96. The molecular formula is C16H15BrFNO3S. The number of rotatable bonds is 3. The van der Waals surface area contributed by atoms with Crippen LogP contribution in [0.3, 0.4) is 0 Å². The fourth-order valence-corrected chi connectivity index (χ4v) is 3.97. The zero-order chi connectivity index (χ0) is 16.6. The van der Waals surface area contributed by atoms with Crippen LogP contribution in [0, 0.1) is 5.82 Å². The molecule has 0 N–H and O–H groups in total. The van der Waals surface area contributed by atoms with Gasteiger partial charge in [-0.2, -0.15) is 0 Å². The molecule has 0 spiro atoms. The van der Waals surface area contributed by atoms with Gasteiger partial charge in [0.1, 0.15) is 11.6 Å². The van der Waals surface area contributed by atoms with E-state index >= 15 is 0 Å². The number of carbonyl (C=O) groups is 1. The Bertz CT molecular complexity index is 762. The SMILES string of the molecule is CCOC(=O)c1nc2c(s1)C(CC)COc1cc(F)c(Br)cc1-2. The molecule has 1 atom stereocenters. The number of ether oxygens (including phenoxy) is 2. The molecule has 1 aliphatic heterocycles. The van der Waals surface area contributed by atoms with Gasteiger partial charge in [-0.1, -0.05) is 6.92 Å². The third kappa shape index (κ3) is 2.99. The molecule has 0 amide bonds. The molecule has 0 saturated heterocycles. The molecule has 0 saturated carbocycles. The summed E-state index contributed by atoms with van der Waals surface area (Å²) in [4.78, 5) is 17.4. The third-order valence-corrected chi connectivity index (χ3v) is 5.49. The fourth-order valence-electron chi connectivity index (χ4n) is 2.48. The van der Waals surface area contributed by atoms with Crippen molar-refractivity contribution in [1.82, 2.24) is 4.98 Å². The number of aromatic nitrogens is 1. The highest BCUT2D eigenvalue weighted by Gasteiger charge is 2.29. The van der Waals surface area contributed by atoms with Gasteiger partial charge in [-0.25, -0.2) is 14.2 Å². The number of carbonyl (C=O) groups excluding carboxylic acids is 1. The maximum absolute atomic E-state index is 13.8. The predicted octanol–water partition coefficient (Wildman–Crippen LogP) is 4.77. The summed E-state index contributed by atoms with van der Waals surface area (Å²) in [6, 6.07) is 3.00. The molecule has 7 heteroatoms. The lowest BCUT2D eigenvalue weighted by molar-refractivity contribution is 0.0526. The number of fused-ring (bicyclic) bond motifs is 3. The molecule has 0 fully saturated rings. The van der Waals surface area contributed by atoms with Crippen LogP contribution in [0.2, 0.25) is 0 Å². The van der Waals surface area contributed by atoms with Crippen LogP contribution >= 0.6 is 27.3 Å². The first-order chi connectivity index (χ1) is 11.0. The number of benzene rings is 1. The summed E-state index contributed by atoms with van der Waals surface area (Å²) in [5.74, 6) is -0.256. The van der Waals surface area contributed by atoms with Crippen molar-refractivity contribution in [2.45, 2.75) is 26.2 Å². The Morgan fingerprint density at radius 2 is 2.30 bits per heavy atom. The minimum absolute atomic E-state index is 0.111. The maximum Gasteiger partial charge on any atom is 0.367 e. The van der Waals surface area contributed by atoms with E-state index in [1.165, 1.54) is 17.4 Å². The van der Waals surface area contributed by atoms with Gasteiger partial charge in [0.2, 0.25) is 5.01 Å². The Morgan fingerprint density at radius 1 is 1.52 bits per heavy atom. The second-order valence-electron chi connectivity index (χ2n) is 5.13. The van der Waals surface area contributed by atoms with Crippen LogP contribution in [0.5, 0.6) is 5.75 Å². The Labute approximate surface area is 145 Å². The molecule has 2 aromatic rings. The van der Waals surface area contributed by atoms with E-state index in [-0.39, 0.29) is 11.7 Å². The van der Waals surface area contributed by atoms with Crippen molar-refractivity contribution in [3.05, 3.63) is 32.3 Å². The van der Waals surface area contributed by atoms with Gasteiger partial charge in [-0.15, -0.1) is 11.3 Å². The lowest BCUT2D eigenvalue weighted by atomic mass is 10.0. The summed E-state index contributed by atoms with van der Waals surface area (Å²) in [6.45, 7) is 4.54. The maximum atomic E-state index is 13.8. The summed E-state index contributed by atoms with van der Waals surface area (Å²) in [5.41, 5.74) is 1.37. The standard InChI is InChI=1S/C16H15BrFNO3S/c1-3-8-7-22-12-6-11(18)10(17)5-9(12)13-14(8)23-15(19-13)16(20)21-4-2/h5-6,8H,3-4,7H2,1-2H3. The Morgan fingerprint density at radius 3 is 3.00 bits per heavy atom. The molecule has 0 radical (unpaired) electrons. The molecular weight excluding hydrogens is 385 g/mol. The van der Waals surface area contributed by atoms with E-state index in [4.69, 9.17) is 9.47 Å². The van der Waals surface area contributed by atoms with Crippen LogP contribution in [0.15, 0.2) is 16.6 Å². The molecule has 1 aromatic heterocycles. The van der Waals surface area contributed by atoms with Crippen LogP contribution in [0.1, 0.15) is 40.9 Å². The van der Waals surface area contributed by atoms with Crippen molar-refractivity contribution in [1.29, 1.82) is 0 Å². The largest absolute Gasteiger partial charge is 0.492 e. The van der Waals surface area contributed by atoms with Crippen molar-refractivity contribution >= 4 is 33.2 Å². The number of hydrogen-bond acceptors (Lipinski definition) is 5. The van der Waals surface area contributed by atoms with Crippen molar-refractivity contribution < 1.29 is 18.7 Å². The highest BCUT2D eigenvalue weighted by atomic mass is 79.9. The van der Waals surface area contributed by atoms with Crippen LogP contribution in [0.4, 0.5) is 4.39 Å². The van der Waals surface area contributed by atoms with E-state index in [9.17, 15) is 9.18 Å². The first kappa shape index (κ1) is 16.4. The number of hydrogen-bond donors (Lipinski definition) is 0. The summed E-state index contributed by atoms with van der Waals surface area (Å²) in [6.07, 6.45) is 0.842. The monoisotopic (exact) mass is 399 g/mol. The number of halogens is 2. The zero-order valence-electron chi connectivity index (χ0n) is 12.7. The highest BCUT2D eigenvalue weighted by molar-refractivity contribution is 9.10. The van der Waals surface area contributed by atoms with Gasteiger partial charge in [0.05, 0.1) is 23.4 Å². The number of esters is 1. The van der Waals surface area contributed by atoms with E-state index in [1.807, 2.05) is 6.92 Å². The van der Waals surface area contributed by atoms with Crippen LogP contribution in [0.25, 0.3) is 11.3 Å². The van der Waals surface area contributed by atoms with Crippen molar-refractivity contribution in [2.75, 3.05) is 13.2 Å². The van der Waals surface area contributed by atoms with Gasteiger partial charge < -0.3 is 9.47 Å². The summed E-state index contributed by atoms with van der Waals surface area (Å²) >= 11 is 4.53. The normalized spacial score (nSPS) is 16.1. The number of thiazole rings is 1. The lowest BCUT2D eigenvalue weighted by Crippen LogP contribution is -2.07. The molecule has 122 valence electrons. The van der Waals surface area contributed by atoms with E-state index in [0.717, 1.165) is 11.3 Å². The zero-order valence-corrected chi connectivity index (χ0v) is 15.1. The second-order valence-corrected chi connectivity index (χ2v) is 7.02. The topological polar surface area (TPSA) is 48.4 Å². The van der Waals surface area contributed by atoms with Gasteiger partial charge in [0.25, 0.3) is 0 Å². The minimum Gasteiger partial charge on any atom is -0.492 e. The summed E-state index contributed by atoms with van der Waals surface area (Å²) in [7, 11) is 0. The molecule has 0 aliphatic carbocycles. The van der Waals surface area contributed by atoms with Crippen molar-refractivity contribution in [2.24, 2.45) is 0 Å². The lowest BCUT2D eigenvalue weighted by Gasteiger charge is -2.11. The molecule has 0 bridgehead atoms. The van der Waals surface area contributed by atoms with E-state index in [2.05, 4.69) is 20.9 Å². The molecule has 1 unspecified atom stereocenters. The highest BCUT2D eigenvalue weighted by Crippen LogP contribution is 2.44. The Hall–Kier alpha value is -1.47. The average Bonchev–Trinajstić information content (AvgIpc) is 2.91. The molecule has 1 aliphatic rings. The van der Waals surface area contributed by atoms with E-state index in [0.29, 0.717) is 39.7 Å². The number of nitrogens with zero attached hydrogens (tertiary/aromatic N) is 1. The first-order valence-electron chi connectivity index (χ1n) is 7.35. The predicted molar refractivity (Wildman–Crippen MR) is 89.7 cm³/mol. The van der Waals surface area contributed by atoms with Crippen LogP contribution < -0.4 is 4.74 Å². The molecule has 3 rings (SSSR count). The molecule has 1 aromatic carbocycles. The van der Waals surface area contributed by atoms with Gasteiger partial charge in [0.15, 0.2) is 0 Å². The smallest absolute Gasteiger partial charge is 0.367 e. The second kappa shape index (κ2) is 6.57. The fraction of sp³-hybridized carbons (Fsp3) is 0.375.